The fraction of sp³-hybridized carbons (Fsp3) is 0.571. The molecule has 0 radical (unpaired) electrons. The lowest BCUT2D eigenvalue weighted by molar-refractivity contribution is -0.384. The van der Waals surface area contributed by atoms with Crippen LogP contribution in [0.15, 0.2) is 24.3 Å². The Morgan fingerprint density at radius 2 is 1.95 bits per heavy atom. The summed E-state index contributed by atoms with van der Waals surface area (Å²) in [6.07, 6.45) is 1.09. The maximum absolute atomic E-state index is 10.6. The lowest BCUT2D eigenvalue weighted by Crippen LogP contribution is -2.48. The van der Waals surface area contributed by atoms with E-state index in [0.29, 0.717) is 18.0 Å². The number of piperidine rings is 1. The van der Waals surface area contributed by atoms with Crippen LogP contribution in [0.25, 0.3) is 0 Å². The zero-order valence-electron chi connectivity index (χ0n) is 11.7. The normalized spacial score (nSPS) is 28.1. The number of likely N-dealkylation sites (tertiary alicyclic amines) is 1. The van der Waals surface area contributed by atoms with Crippen molar-refractivity contribution in [1.29, 1.82) is 0 Å². The number of non-ortho nitro benzene ring substituents is 1. The Morgan fingerprint density at radius 1 is 1.32 bits per heavy atom. The summed E-state index contributed by atoms with van der Waals surface area (Å²) in [5.41, 5.74) is 1.09. The van der Waals surface area contributed by atoms with Gasteiger partial charge in [-0.05, 0) is 38.4 Å². The summed E-state index contributed by atoms with van der Waals surface area (Å²) in [7, 11) is 2.16. The van der Waals surface area contributed by atoms with E-state index in [4.69, 9.17) is 0 Å². The first-order valence-electron chi connectivity index (χ1n) is 6.68. The van der Waals surface area contributed by atoms with Gasteiger partial charge in [0, 0.05) is 36.4 Å². The molecule has 1 aromatic rings. The topological polar surface area (TPSA) is 58.4 Å². The molecular weight excluding hydrogens is 242 g/mol. The molecule has 0 spiro atoms. The second kappa shape index (κ2) is 5.57. The molecule has 1 aliphatic rings. The third kappa shape index (κ3) is 3.23. The van der Waals surface area contributed by atoms with Crippen LogP contribution in [0, 0.1) is 16.0 Å². The molecule has 0 bridgehead atoms. The van der Waals surface area contributed by atoms with Crippen molar-refractivity contribution in [3.05, 3.63) is 34.4 Å². The van der Waals surface area contributed by atoms with E-state index in [2.05, 4.69) is 31.1 Å². The lowest BCUT2D eigenvalue weighted by Gasteiger charge is -2.40. The van der Waals surface area contributed by atoms with E-state index in [9.17, 15) is 10.1 Å². The van der Waals surface area contributed by atoms with Crippen molar-refractivity contribution >= 4 is 11.4 Å². The minimum atomic E-state index is -0.371. The van der Waals surface area contributed by atoms with E-state index >= 15 is 0 Å². The van der Waals surface area contributed by atoms with Crippen molar-refractivity contribution in [2.24, 2.45) is 5.92 Å². The van der Waals surface area contributed by atoms with Crippen LogP contribution in [0.4, 0.5) is 11.4 Å². The fourth-order valence-corrected chi connectivity index (χ4v) is 2.64. The number of hydrogen-bond donors (Lipinski definition) is 1. The molecule has 0 amide bonds. The summed E-state index contributed by atoms with van der Waals surface area (Å²) in [4.78, 5) is 12.6. The minimum Gasteiger partial charge on any atom is -0.382 e. The van der Waals surface area contributed by atoms with Crippen LogP contribution in [0.1, 0.15) is 20.3 Å². The van der Waals surface area contributed by atoms with Crippen LogP contribution < -0.4 is 5.32 Å². The van der Waals surface area contributed by atoms with Gasteiger partial charge >= 0.3 is 0 Å². The van der Waals surface area contributed by atoms with Gasteiger partial charge in [0.05, 0.1) is 4.92 Å². The smallest absolute Gasteiger partial charge is 0.269 e. The van der Waals surface area contributed by atoms with E-state index in [1.54, 1.807) is 24.3 Å². The van der Waals surface area contributed by atoms with Crippen LogP contribution in [0.5, 0.6) is 0 Å². The van der Waals surface area contributed by atoms with Gasteiger partial charge in [-0.3, -0.25) is 10.1 Å². The molecule has 1 aliphatic heterocycles. The van der Waals surface area contributed by atoms with E-state index in [1.807, 2.05) is 0 Å². The number of benzene rings is 1. The molecule has 0 saturated carbocycles. The Bertz CT molecular complexity index is 447. The predicted octanol–water partition coefficient (Wildman–Crippen LogP) is 2.74. The summed E-state index contributed by atoms with van der Waals surface area (Å²) in [5.74, 6) is 0.566. The molecule has 5 nitrogen and oxygen atoms in total. The number of nitrogens with one attached hydrogen (secondary N) is 1. The number of nitro groups is 1. The minimum absolute atomic E-state index is 0.135. The first kappa shape index (κ1) is 13.8. The van der Waals surface area contributed by atoms with Crippen LogP contribution in [0.3, 0.4) is 0 Å². The summed E-state index contributed by atoms with van der Waals surface area (Å²) in [6.45, 7) is 5.55. The third-order valence-corrected chi connectivity index (χ3v) is 4.04. The van der Waals surface area contributed by atoms with Gasteiger partial charge in [0.25, 0.3) is 5.69 Å². The van der Waals surface area contributed by atoms with Crippen LogP contribution in [0.2, 0.25) is 0 Å². The van der Waals surface area contributed by atoms with Gasteiger partial charge in [-0.25, -0.2) is 0 Å². The van der Waals surface area contributed by atoms with E-state index in [0.717, 1.165) is 18.7 Å². The number of nitro benzene ring substituents is 1. The third-order valence-electron chi connectivity index (χ3n) is 4.04. The highest BCUT2D eigenvalue weighted by molar-refractivity contribution is 5.49. The van der Waals surface area contributed by atoms with E-state index < -0.39 is 0 Å². The highest BCUT2D eigenvalue weighted by Gasteiger charge is 2.28. The van der Waals surface area contributed by atoms with Crippen molar-refractivity contribution in [2.45, 2.75) is 32.4 Å². The first-order chi connectivity index (χ1) is 8.97. The number of nitrogens with zero attached hydrogens (tertiary/aromatic N) is 2. The molecule has 1 aromatic carbocycles. The van der Waals surface area contributed by atoms with Crippen molar-refractivity contribution in [3.8, 4) is 0 Å². The molecule has 1 heterocycles. The largest absolute Gasteiger partial charge is 0.382 e. The van der Waals surface area contributed by atoms with Gasteiger partial charge in [-0.2, -0.15) is 0 Å². The Morgan fingerprint density at radius 3 is 2.53 bits per heavy atom. The fourth-order valence-electron chi connectivity index (χ4n) is 2.64. The number of hydrogen-bond acceptors (Lipinski definition) is 4. The van der Waals surface area contributed by atoms with Crippen molar-refractivity contribution < 1.29 is 4.92 Å². The zero-order valence-corrected chi connectivity index (χ0v) is 11.7. The lowest BCUT2D eigenvalue weighted by atomic mass is 9.89. The zero-order chi connectivity index (χ0) is 14.0. The van der Waals surface area contributed by atoms with E-state index in [-0.39, 0.29) is 10.6 Å². The number of anilines is 1. The summed E-state index contributed by atoms with van der Waals surface area (Å²) in [6, 6.07) is 7.65. The Hall–Kier alpha value is -1.62. The molecule has 104 valence electrons. The van der Waals surface area contributed by atoms with Crippen LogP contribution >= 0.6 is 0 Å². The second-order valence-electron chi connectivity index (χ2n) is 5.56. The molecule has 1 N–H and O–H groups in total. The second-order valence-corrected chi connectivity index (χ2v) is 5.56. The molecule has 1 fully saturated rings. The Balaban J connectivity index is 2.02. The summed E-state index contributed by atoms with van der Waals surface area (Å²) >= 11 is 0. The molecule has 1 saturated heterocycles. The van der Waals surface area contributed by atoms with Crippen LogP contribution in [-0.4, -0.2) is 35.5 Å². The van der Waals surface area contributed by atoms with Gasteiger partial charge in [-0.1, -0.05) is 6.92 Å². The summed E-state index contributed by atoms with van der Waals surface area (Å²) in [5, 5.41) is 14.1. The standard InChI is InChI=1S/C14H21N3O2/c1-10-9-16(3)11(2)8-14(10)15-12-4-6-13(7-5-12)17(18)19/h4-7,10-11,14-15H,8-9H2,1-3H3. The average Bonchev–Trinajstić information content (AvgIpc) is 2.36. The van der Waals surface area contributed by atoms with Crippen molar-refractivity contribution in [3.63, 3.8) is 0 Å². The molecule has 2 rings (SSSR count). The molecule has 5 heteroatoms. The SMILES string of the molecule is CC1CN(C)C(C)CC1Nc1ccc([N+](=O)[O-])cc1. The van der Waals surface area contributed by atoms with Gasteiger partial charge < -0.3 is 10.2 Å². The van der Waals surface area contributed by atoms with Gasteiger partial charge in [0.1, 0.15) is 0 Å². The monoisotopic (exact) mass is 263 g/mol. The number of rotatable bonds is 3. The predicted molar refractivity (Wildman–Crippen MR) is 76.4 cm³/mol. The maximum atomic E-state index is 10.6. The van der Waals surface area contributed by atoms with Gasteiger partial charge in [0.2, 0.25) is 0 Å². The quantitative estimate of drug-likeness (QED) is 0.673. The molecular formula is C14H21N3O2. The molecule has 19 heavy (non-hydrogen) atoms. The summed E-state index contributed by atoms with van der Waals surface area (Å²) < 4.78 is 0. The van der Waals surface area contributed by atoms with E-state index in [1.165, 1.54) is 0 Å². The van der Waals surface area contributed by atoms with Crippen molar-refractivity contribution in [2.75, 3.05) is 18.9 Å². The Kier molecular flexibility index (Phi) is 4.04. The average molecular weight is 263 g/mol. The highest BCUT2D eigenvalue weighted by Crippen LogP contribution is 2.25. The molecule has 0 aromatic heterocycles. The Labute approximate surface area is 113 Å². The van der Waals surface area contributed by atoms with Gasteiger partial charge in [0.15, 0.2) is 0 Å². The van der Waals surface area contributed by atoms with Crippen LogP contribution in [-0.2, 0) is 0 Å². The highest BCUT2D eigenvalue weighted by atomic mass is 16.6. The van der Waals surface area contributed by atoms with Crippen molar-refractivity contribution in [1.82, 2.24) is 4.90 Å². The molecule has 0 aliphatic carbocycles. The molecule has 3 atom stereocenters. The molecule has 3 unspecified atom stereocenters. The van der Waals surface area contributed by atoms with Gasteiger partial charge in [-0.15, -0.1) is 0 Å². The maximum Gasteiger partial charge on any atom is 0.269 e. The first-order valence-corrected chi connectivity index (χ1v) is 6.68.